The first-order valence-corrected chi connectivity index (χ1v) is 7.20. The zero-order valence-corrected chi connectivity index (χ0v) is 13.0. The molecule has 1 fully saturated rings. The molecule has 6 nitrogen and oxygen atoms in total. The SMILES string of the molecule is CC(C)n1cc(Br)cc1C(=O)N1CCOC[C@@H]1C(=O)O. The molecule has 1 aliphatic heterocycles. The summed E-state index contributed by atoms with van der Waals surface area (Å²) in [6.45, 7) is 4.62. The fraction of sp³-hybridized carbons (Fsp3) is 0.538. The molecule has 1 aromatic rings. The molecule has 2 heterocycles. The van der Waals surface area contributed by atoms with Gasteiger partial charge in [-0.1, -0.05) is 0 Å². The van der Waals surface area contributed by atoms with Crippen molar-refractivity contribution < 1.29 is 19.4 Å². The van der Waals surface area contributed by atoms with Crippen molar-refractivity contribution in [2.45, 2.75) is 25.9 Å². The van der Waals surface area contributed by atoms with Crippen molar-refractivity contribution in [2.24, 2.45) is 0 Å². The van der Waals surface area contributed by atoms with Crippen LogP contribution in [-0.2, 0) is 9.53 Å². The Labute approximate surface area is 125 Å². The van der Waals surface area contributed by atoms with Crippen LogP contribution in [0.4, 0.5) is 0 Å². The fourth-order valence-corrected chi connectivity index (χ4v) is 2.68. The highest BCUT2D eigenvalue weighted by molar-refractivity contribution is 9.10. The summed E-state index contributed by atoms with van der Waals surface area (Å²) < 4.78 is 7.79. The molecule has 20 heavy (non-hydrogen) atoms. The lowest BCUT2D eigenvalue weighted by Crippen LogP contribution is -2.53. The Bertz CT molecular complexity index is 526. The van der Waals surface area contributed by atoms with Gasteiger partial charge in [-0.05, 0) is 35.8 Å². The minimum absolute atomic E-state index is 0.0324. The Kier molecular flexibility index (Phi) is 4.49. The van der Waals surface area contributed by atoms with Crippen LogP contribution in [0.3, 0.4) is 0 Å². The van der Waals surface area contributed by atoms with Crippen molar-refractivity contribution in [2.75, 3.05) is 19.8 Å². The van der Waals surface area contributed by atoms with E-state index in [0.717, 1.165) is 4.47 Å². The summed E-state index contributed by atoms with van der Waals surface area (Å²) in [6.07, 6.45) is 1.83. The lowest BCUT2D eigenvalue weighted by molar-refractivity contribution is -0.147. The van der Waals surface area contributed by atoms with Gasteiger partial charge in [-0.3, -0.25) is 4.79 Å². The molecular formula is C13H17BrN2O4. The van der Waals surface area contributed by atoms with Crippen LogP contribution in [0.15, 0.2) is 16.7 Å². The van der Waals surface area contributed by atoms with E-state index >= 15 is 0 Å². The monoisotopic (exact) mass is 344 g/mol. The maximum atomic E-state index is 12.6. The molecule has 1 aromatic heterocycles. The van der Waals surface area contributed by atoms with E-state index in [9.17, 15) is 14.7 Å². The summed E-state index contributed by atoms with van der Waals surface area (Å²) >= 11 is 3.36. The van der Waals surface area contributed by atoms with Gasteiger partial charge in [-0.25, -0.2) is 4.79 Å². The number of aliphatic carboxylic acids is 1. The van der Waals surface area contributed by atoms with Crippen molar-refractivity contribution >= 4 is 27.8 Å². The van der Waals surface area contributed by atoms with Crippen LogP contribution in [0, 0.1) is 0 Å². The molecule has 0 unspecified atom stereocenters. The molecule has 7 heteroatoms. The Morgan fingerprint density at radius 2 is 2.20 bits per heavy atom. The van der Waals surface area contributed by atoms with Crippen molar-refractivity contribution in [1.82, 2.24) is 9.47 Å². The molecule has 1 amide bonds. The second-order valence-corrected chi connectivity index (χ2v) is 5.89. The van der Waals surface area contributed by atoms with Gasteiger partial charge in [0, 0.05) is 23.3 Å². The Balaban J connectivity index is 2.32. The van der Waals surface area contributed by atoms with Gasteiger partial charge in [0.25, 0.3) is 5.91 Å². The lowest BCUT2D eigenvalue weighted by atomic mass is 10.2. The topological polar surface area (TPSA) is 71.8 Å². The molecule has 110 valence electrons. The summed E-state index contributed by atoms with van der Waals surface area (Å²) in [6, 6.07) is 0.909. The van der Waals surface area contributed by atoms with Gasteiger partial charge in [0.05, 0.1) is 13.2 Å². The molecular weight excluding hydrogens is 328 g/mol. The molecule has 1 atom stereocenters. The van der Waals surface area contributed by atoms with Crippen LogP contribution in [0.25, 0.3) is 0 Å². The van der Waals surface area contributed by atoms with Gasteiger partial charge in [-0.15, -0.1) is 0 Å². The van der Waals surface area contributed by atoms with E-state index in [1.54, 1.807) is 6.07 Å². The first-order chi connectivity index (χ1) is 9.41. The average molecular weight is 345 g/mol. The number of carboxylic acids is 1. The van der Waals surface area contributed by atoms with Crippen molar-refractivity contribution in [3.8, 4) is 0 Å². The van der Waals surface area contributed by atoms with Crippen LogP contribution >= 0.6 is 15.9 Å². The number of hydrogen-bond acceptors (Lipinski definition) is 3. The molecule has 0 radical (unpaired) electrons. The number of morpholine rings is 1. The maximum Gasteiger partial charge on any atom is 0.328 e. The summed E-state index contributed by atoms with van der Waals surface area (Å²) in [5.74, 6) is -1.32. The summed E-state index contributed by atoms with van der Waals surface area (Å²) in [5, 5.41) is 9.20. The van der Waals surface area contributed by atoms with E-state index in [1.165, 1.54) is 4.90 Å². The van der Waals surface area contributed by atoms with E-state index < -0.39 is 12.0 Å². The third-order valence-corrected chi connectivity index (χ3v) is 3.70. The van der Waals surface area contributed by atoms with Crippen LogP contribution in [0.1, 0.15) is 30.4 Å². The highest BCUT2D eigenvalue weighted by Crippen LogP contribution is 2.22. The number of halogens is 1. The number of ether oxygens (including phenoxy) is 1. The molecule has 1 aliphatic rings. The second kappa shape index (κ2) is 5.97. The summed E-state index contributed by atoms with van der Waals surface area (Å²) in [5.41, 5.74) is 0.486. The minimum Gasteiger partial charge on any atom is -0.480 e. The molecule has 0 aliphatic carbocycles. The predicted octanol–water partition coefficient (Wildman–Crippen LogP) is 1.76. The lowest BCUT2D eigenvalue weighted by Gasteiger charge is -2.33. The molecule has 0 saturated carbocycles. The number of aromatic nitrogens is 1. The molecule has 0 spiro atoms. The number of carbonyl (C=O) groups is 2. The maximum absolute atomic E-state index is 12.6. The van der Waals surface area contributed by atoms with E-state index in [2.05, 4.69) is 15.9 Å². The Hall–Kier alpha value is -1.34. The molecule has 1 saturated heterocycles. The van der Waals surface area contributed by atoms with Crippen LogP contribution < -0.4 is 0 Å². The van der Waals surface area contributed by atoms with Crippen LogP contribution in [-0.4, -0.2) is 52.3 Å². The van der Waals surface area contributed by atoms with Gasteiger partial charge in [-0.2, -0.15) is 0 Å². The zero-order chi connectivity index (χ0) is 14.9. The van der Waals surface area contributed by atoms with Crippen LogP contribution in [0.2, 0.25) is 0 Å². The predicted molar refractivity (Wildman–Crippen MR) is 75.8 cm³/mol. The summed E-state index contributed by atoms with van der Waals surface area (Å²) in [7, 11) is 0. The third-order valence-electron chi connectivity index (χ3n) is 3.27. The molecule has 2 rings (SSSR count). The summed E-state index contributed by atoms with van der Waals surface area (Å²) in [4.78, 5) is 25.2. The van der Waals surface area contributed by atoms with Crippen LogP contribution in [0.5, 0.6) is 0 Å². The molecule has 1 N–H and O–H groups in total. The number of amides is 1. The Morgan fingerprint density at radius 3 is 2.80 bits per heavy atom. The third kappa shape index (κ3) is 2.88. The average Bonchev–Trinajstić information content (AvgIpc) is 2.80. The van der Waals surface area contributed by atoms with E-state index in [0.29, 0.717) is 12.3 Å². The van der Waals surface area contributed by atoms with Gasteiger partial charge in [0.1, 0.15) is 5.69 Å². The first kappa shape index (κ1) is 15.1. The fourth-order valence-electron chi connectivity index (χ4n) is 2.24. The van der Waals surface area contributed by atoms with E-state index in [4.69, 9.17) is 4.74 Å². The quantitative estimate of drug-likeness (QED) is 0.906. The highest BCUT2D eigenvalue weighted by atomic mass is 79.9. The van der Waals surface area contributed by atoms with Crippen molar-refractivity contribution in [1.29, 1.82) is 0 Å². The number of carbonyl (C=O) groups excluding carboxylic acids is 1. The van der Waals surface area contributed by atoms with Gasteiger partial charge >= 0.3 is 5.97 Å². The highest BCUT2D eigenvalue weighted by Gasteiger charge is 2.34. The van der Waals surface area contributed by atoms with E-state index in [-0.39, 0.29) is 25.1 Å². The largest absolute Gasteiger partial charge is 0.480 e. The van der Waals surface area contributed by atoms with E-state index in [1.807, 2.05) is 24.6 Å². The molecule has 0 aromatic carbocycles. The number of rotatable bonds is 3. The number of nitrogens with zero attached hydrogens (tertiary/aromatic N) is 2. The van der Waals surface area contributed by atoms with Gasteiger partial charge < -0.3 is 19.3 Å². The molecule has 0 bridgehead atoms. The van der Waals surface area contributed by atoms with Crippen molar-refractivity contribution in [3.05, 3.63) is 22.4 Å². The first-order valence-electron chi connectivity index (χ1n) is 6.40. The Morgan fingerprint density at radius 1 is 1.50 bits per heavy atom. The second-order valence-electron chi connectivity index (χ2n) is 4.97. The standard InChI is InChI=1S/C13H17BrN2O4/c1-8(2)16-6-9(14)5-10(16)12(17)15-3-4-20-7-11(15)13(18)19/h5-6,8,11H,3-4,7H2,1-2H3,(H,18,19)/t11-/m1/s1. The number of carboxylic acid groups (broad SMARTS) is 1. The minimum atomic E-state index is -1.04. The van der Waals surface area contributed by atoms with Gasteiger partial charge in [0.15, 0.2) is 6.04 Å². The normalized spacial score (nSPS) is 19.4. The van der Waals surface area contributed by atoms with Gasteiger partial charge in [0.2, 0.25) is 0 Å². The van der Waals surface area contributed by atoms with Crippen molar-refractivity contribution in [3.63, 3.8) is 0 Å². The smallest absolute Gasteiger partial charge is 0.328 e. The zero-order valence-electron chi connectivity index (χ0n) is 11.4. The number of hydrogen-bond donors (Lipinski definition) is 1.